The number of rotatable bonds is 3. The largest absolute Gasteiger partial charge is 0.419 e. The number of alkyl halides is 3. The normalized spacial score (nSPS) is 17.2. The van der Waals surface area contributed by atoms with E-state index in [1.807, 2.05) is 0 Å². The number of hydrogen-bond donors (Lipinski definition) is 0. The Kier molecular flexibility index (Phi) is 4.45. The molecule has 0 atom stereocenters. The Bertz CT molecular complexity index is 487. The van der Waals surface area contributed by atoms with Crippen LogP contribution < -0.4 is 0 Å². The number of Topliss-reactive ketones (excluding diaryl/α,β-unsaturated/α-hetero) is 1. The molecule has 0 heterocycles. The molecule has 1 nitrogen and oxygen atoms in total. The molecule has 1 fully saturated rings. The summed E-state index contributed by atoms with van der Waals surface area (Å²) in [6.45, 7) is 0. The highest BCUT2D eigenvalue weighted by Gasteiger charge is 2.34. The van der Waals surface area contributed by atoms with Crippen LogP contribution in [0.4, 0.5) is 17.6 Å². The highest BCUT2D eigenvalue weighted by Crippen LogP contribution is 2.33. The minimum atomic E-state index is -4.77. The van der Waals surface area contributed by atoms with Crippen molar-refractivity contribution in [1.82, 2.24) is 0 Å². The van der Waals surface area contributed by atoms with Crippen molar-refractivity contribution in [2.45, 2.75) is 44.7 Å². The number of carbonyl (C=O) groups is 1. The molecule has 1 saturated carbocycles. The molecule has 2 rings (SSSR count). The lowest BCUT2D eigenvalue weighted by atomic mass is 9.84. The van der Waals surface area contributed by atoms with Gasteiger partial charge in [0.05, 0.1) is 5.56 Å². The van der Waals surface area contributed by atoms with Crippen molar-refractivity contribution in [2.75, 3.05) is 0 Å². The van der Waals surface area contributed by atoms with Gasteiger partial charge in [-0.15, -0.1) is 0 Å². The second-order valence-electron chi connectivity index (χ2n) is 5.32. The van der Waals surface area contributed by atoms with Gasteiger partial charge in [0.15, 0.2) is 5.78 Å². The predicted octanol–water partition coefficient (Wildman–Crippen LogP) is 5.00. The lowest BCUT2D eigenvalue weighted by Crippen LogP contribution is -2.14. The van der Waals surface area contributed by atoms with Crippen molar-refractivity contribution < 1.29 is 22.4 Å². The molecule has 1 aliphatic carbocycles. The first-order valence-corrected chi connectivity index (χ1v) is 6.78. The lowest BCUT2D eigenvalue weighted by molar-refractivity contribution is -0.140. The Morgan fingerprint density at radius 2 is 1.80 bits per heavy atom. The summed E-state index contributed by atoms with van der Waals surface area (Å²) >= 11 is 0. The fourth-order valence-electron chi connectivity index (χ4n) is 2.69. The summed E-state index contributed by atoms with van der Waals surface area (Å²) in [5.74, 6) is -1.43. The third-order valence-electron chi connectivity index (χ3n) is 3.79. The molecule has 5 heteroatoms. The van der Waals surface area contributed by atoms with E-state index in [0.717, 1.165) is 44.2 Å². The first-order chi connectivity index (χ1) is 9.38. The van der Waals surface area contributed by atoms with E-state index in [-0.39, 0.29) is 23.7 Å². The second-order valence-corrected chi connectivity index (χ2v) is 5.32. The van der Waals surface area contributed by atoms with Crippen LogP contribution in [0.2, 0.25) is 0 Å². The van der Waals surface area contributed by atoms with Gasteiger partial charge >= 0.3 is 6.18 Å². The molecule has 1 aromatic rings. The summed E-state index contributed by atoms with van der Waals surface area (Å²) < 4.78 is 51.0. The number of carbonyl (C=O) groups excluding carboxylic acids is 1. The SMILES string of the molecule is O=C(CC1CCCCC1)c1ccc(F)c(C(F)(F)F)c1. The molecular weight excluding hydrogens is 272 g/mol. The van der Waals surface area contributed by atoms with Crippen LogP contribution in [0.15, 0.2) is 18.2 Å². The standard InChI is InChI=1S/C15H16F4O/c16-13-7-6-11(9-12(13)15(17,18)19)14(20)8-10-4-2-1-3-5-10/h6-7,9-10H,1-5,8H2. The van der Waals surface area contributed by atoms with E-state index in [2.05, 4.69) is 0 Å². The van der Waals surface area contributed by atoms with Gasteiger partial charge in [-0.05, 0) is 24.1 Å². The van der Waals surface area contributed by atoms with E-state index in [9.17, 15) is 22.4 Å². The van der Waals surface area contributed by atoms with Gasteiger partial charge < -0.3 is 0 Å². The molecule has 1 aromatic carbocycles. The molecule has 0 radical (unpaired) electrons. The molecule has 0 N–H and O–H groups in total. The topological polar surface area (TPSA) is 17.1 Å². The summed E-state index contributed by atoms with van der Waals surface area (Å²) in [5.41, 5.74) is -1.42. The van der Waals surface area contributed by atoms with Crippen molar-refractivity contribution in [1.29, 1.82) is 0 Å². The molecule has 0 aliphatic heterocycles. The molecule has 0 spiro atoms. The van der Waals surface area contributed by atoms with Crippen molar-refractivity contribution in [3.63, 3.8) is 0 Å². The van der Waals surface area contributed by atoms with Crippen LogP contribution in [-0.2, 0) is 6.18 Å². The van der Waals surface area contributed by atoms with Crippen LogP contribution in [0.25, 0.3) is 0 Å². The van der Waals surface area contributed by atoms with E-state index in [0.29, 0.717) is 6.07 Å². The van der Waals surface area contributed by atoms with Crippen molar-refractivity contribution in [3.8, 4) is 0 Å². The van der Waals surface area contributed by atoms with Gasteiger partial charge in [-0.3, -0.25) is 4.79 Å². The van der Waals surface area contributed by atoms with Crippen LogP contribution in [0.1, 0.15) is 54.4 Å². The van der Waals surface area contributed by atoms with Gasteiger partial charge in [0, 0.05) is 12.0 Å². The Morgan fingerprint density at radius 1 is 1.15 bits per heavy atom. The monoisotopic (exact) mass is 288 g/mol. The van der Waals surface area contributed by atoms with E-state index in [4.69, 9.17) is 0 Å². The van der Waals surface area contributed by atoms with Crippen LogP contribution in [0, 0.1) is 11.7 Å². The smallest absolute Gasteiger partial charge is 0.294 e. The Balaban J connectivity index is 2.13. The third-order valence-corrected chi connectivity index (χ3v) is 3.79. The molecule has 0 amide bonds. The summed E-state index contributed by atoms with van der Waals surface area (Å²) in [6, 6.07) is 2.48. The van der Waals surface area contributed by atoms with Gasteiger partial charge in [0.25, 0.3) is 0 Å². The zero-order chi connectivity index (χ0) is 14.8. The third kappa shape index (κ3) is 3.58. The highest BCUT2D eigenvalue weighted by molar-refractivity contribution is 5.96. The van der Waals surface area contributed by atoms with Gasteiger partial charge in [0.1, 0.15) is 5.82 Å². The average molecular weight is 288 g/mol. The summed E-state index contributed by atoms with van der Waals surface area (Å²) in [4.78, 5) is 12.0. The minimum absolute atomic E-state index is 0.0516. The summed E-state index contributed by atoms with van der Waals surface area (Å²) in [6.07, 6.45) is 0.649. The van der Waals surface area contributed by atoms with E-state index >= 15 is 0 Å². The number of hydrogen-bond acceptors (Lipinski definition) is 1. The molecule has 1 aliphatic rings. The van der Waals surface area contributed by atoms with Gasteiger partial charge in [-0.2, -0.15) is 13.2 Å². The summed E-state index contributed by atoms with van der Waals surface area (Å²) in [5, 5.41) is 0. The number of ketones is 1. The first-order valence-electron chi connectivity index (χ1n) is 6.78. The molecule has 110 valence electrons. The Labute approximate surface area is 115 Å². The fourth-order valence-corrected chi connectivity index (χ4v) is 2.69. The fraction of sp³-hybridized carbons (Fsp3) is 0.533. The highest BCUT2D eigenvalue weighted by atomic mass is 19.4. The maximum absolute atomic E-state index is 13.2. The van der Waals surface area contributed by atoms with E-state index < -0.39 is 17.6 Å². The molecule has 0 aromatic heterocycles. The second kappa shape index (κ2) is 5.94. The molecule has 0 bridgehead atoms. The van der Waals surface area contributed by atoms with Gasteiger partial charge in [0.2, 0.25) is 0 Å². The lowest BCUT2D eigenvalue weighted by Gasteiger charge is -2.20. The zero-order valence-electron chi connectivity index (χ0n) is 11.0. The Hall–Kier alpha value is -1.39. The molecule has 0 unspecified atom stereocenters. The van der Waals surface area contributed by atoms with E-state index in [1.165, 1.54) is 0 Å². The van der Waals surface area contributed by atoms with Crippen molar-refractivity contribution in [3.05, 3.63) is 35.1 Å². The quantitative estimate of drug-likeness (QED) is 0.565. The van der Waals surface area contributed by atoms with Crippen molar-refractivity contribution >= 4 is 5.78 Å². The van der Waals surface area contributed by atoms with Crippen molar-refractivity contribution in [2.24, 2.45) is 5.92 Å². The van der Waals surface area contributed by atoms with Crippen LogP contribution in [0.3, 0.4) is 0 Å². The average Bonchev–Trinajstić information content (AvgIpc) is 2.39. The molecule has 0 saturated heterocycles. The van der Waals surface area contributed by atoms with E-state index in [1.54, 1.807) is 0 Å². The van der Waals surface area contributed by atoms with Crippen LogP contribution in [0.5, 0.6) is 0 Å². The number of halogens is 4. The van der Waals surface area contributed by atoms with Gasteiger partial charge in [-0.25, -0.2) is 4.39 Å². The summed E-state index contributed by atoms with van der Waals surface area (Å²) in [7, 11) is 0. The maximum atomic E-state index is 13.2. The maximum Gasteiger partial charge on any atom is 0.419 e. The minimum Gasteiger partial charge on any atom is -0.294 e. The molecular formula is C15H16F4O. The zero-order valence-corrected chi connectivity index (χ0v) is 11.0. The Morgan fingerprint density at radius 3 is 2.40 bits per heavy atom. The van der Waals surface area contributed by atoms with Crippen LogP contribution in [-0.4, -0.2) is 5.78 Å². The molecule has 20 heavy (non-hydrogen) atoms. The first kappa shape index (κ1) is 15.0. The van der Waals surface area contributed by atoms with Crippen LogP contribution >= 0.6 is 0 Å². The number of benzene rings is 1. The van der Waals surface area contributed by atoms with Gasteiger partial charge in [-0.1, -0.05) is 32.1 Å². The predicted molar refractivity (Wildman–Crippen MR) is 66.9 cm³/mol.